The Balaban J connectivity index is 1.70. The molecule has 1 fully saturated rings. The number of amides is 1. The number of aryl methyl sites for hydroxylation is 2. The molecular weight excluding hydrogens is 296 g/mol. The van der Waals surface area contributed by atoms with Gasteiger partial charge in [0.2, 0.25) is 5.91 Å². The van der Waals surface area contributed by atoms with E-state index in [-0.39, 0.29) is 23.8 Å². The second-order valence-corrected chi connectivity index (χ2v) is 6.05. The number of aromatic nitrogens is 3. The average Bonchev–Trinajstić information content (AvgIpc) is 2.91. The normalized spacial score (nSPS) is 18.2. The highest BCUT2D eigenvalue weighted by molar-refractivity contribution is 5.78. The first-order valence-corrected chi connectivity index (χ1v) is 7.79. The molecule has 122 valence electrons. The summed E-state index contributed by atoms with van der Waals surface area (Å²) in [6, 6.07) is 3.31. The molecule has 1 aliphatic heterocycles. The number of piperidine rings is 1. The largest absolute Gasteiger partial charge is 0.361 e. The fraction of sp³-hybridized carbons (Fsp3) is 0.500. The third kappa shape index (κ3) is 3.67. The van der Waals surface area contributed by atoms with Gasteiger partial charge < -0.3 is 14.4 Å². The van der Waals surface area contributed by atoms with Gasteiger partial charge in [-0.1, -0.05) is 5.16 Å². The number of aromatic amines is 1. The molecule has 0 aromatic carbocycles. The number of hydrogen-bond acceptors (Lipinski definition) is 5. The molecule has 3 rings (SSSR count). The van der Waals surface area contributed by atoms with Gasteiger partial charge in [-0.05, 0) is 26.7 Å². The van der Waals surface area contributed by atoms with Crippen LogP contribution in [0.4, 0.5) is 0 Å². The highest BCUT2D eigenvalue weighted by Crippen LogP contribution is 2.25. The Labute approximate surface area is 133 Å². The maximum atomic E-state index is 12.4. The molecule has 0 spiro atoms. The van der Waals surface area contributed by atoms with Crippen molar-refractivity contribution in [2.45, 2.75) is 39.0 Å². The van der Waals surface area contributed by atoms with Crippen molar-refractivity contribution < 1.29 is 9.32 Å². The maximum Gasteiger partial charge on any atom is 0.251 e. The molecule has 23 heavy (non-hydrogen) atoms. The third-order valence-corrected chi connectivity index (χ3v) is 4.07. The fourth-order valence-electron chi connectivity index (χ4n) is 3.02. The Morgan fingerprint density at radius 3 is 2.96 bits per heavy atom. The van der Waals surface area contributed by atoms with Crippen LogP contribution in [0.5, 0.6) is 0 Å². The van der Waals surface area contributed by atoms with E-state index >= 15 is 0 Å². The second kappa shape index (κ2) is 6.36. The summed E-state index contributed by atoms with van der Waals surface area (Å²) in [4.78, 5) is 32.9. The molecule has 1 N–H and O–H groups in total. The lowest BCUT2D eigenvalue weighted by Gasteiger charge is -2.32. The van der Waals surface area contributed by atoms with Gasteiger partial charge in [0.05, 0.1) is 17.8 Å². The predicted octanol–water partition coefficient (Wildman–Crippen LogP) is 1.32. The van der Waals surface area contributed by atoms with Crippen molar-refractivity contribution in [1.82, 2.24) is 20.0 Å². The summed E-state index contributed by atoms with van der Waals surface area (Å²) >= 11 is 0. The van der Waals surface area contributed by atoms with Gasteiger partial charge in [0.15, 0.2) is 0 Å². The zero-order chi connectivity index (χ0) is 16.4. The molecule has 0 saturated carbocycles. The summed E-state index contributed by atoms with van der Waals surface area (Å²) < 4.78 is 5.11. The quantitative estimate of drug-likeness (QED) is 0.922. The van der Waals surface area contributed by atoms with Crippen LogP contribution in [0.25, 0.3) is 0 Å². The first-order valence-electron chi connectivity index (χ1n) is 7.79. The highest BCUT2D eigenvalue weighted by Gasteiger charge is 2.26. The summed E-state index contributed by atoms with van der Waals surface area (Å²) in [6.45, 7) is 4.91. The number of nitrogens with zero attached hydrogens (tertiary/aromatic N) is 3. The molecule has 2 aromatic heterocycles. The number of carbonyl (C=O) groups excluding carboxylic acids is 1. The van der Waals surface area contributed by atoms with Crippen LogP contribution in [-0.2, 0) is 11.2 Å². The minimum absolute atomic E-state index is 0.0208. The molecule has 7 nitrogen and oxygen atoms in total. The van der Waals surface area contributed by atoms with Crippen LogP contribution in [0.1, 0.15) is 41.7 Å². The fourth-order valence-corrected chi connectivity index (χ4v) is 3.02. The van der Waals surface area contributed by atoms with Crippen molar-refractivity contribution in [3.63, 3.8) is 0 Å². The van der Waals surface area contributed by atoms with Gasteiger partial charge in [-0.2, -0.15) is 0 Å². The molecule has 7 heteroatoms. The van der Waals surface area contributed by atoms with Crippen molar-refractivity contribution >= 4 is 5.91 Å². The van der Waals surface area contributed by atoms with Crippen LogP contribution in [-0.4, -0.2) is 39.0 Å². The zero-order valence-corrected chi connectivity index (χ0v) is 13.3. The number of nitrogens with one attached hydrogen (secondary N) is 1. The Hall–Kier alpha value is -2.44. The van der Waals surface area contributed by atoms with Crippen LogP contribution in [0, 0.1) is 13.8 Å². The van der Waals surface area contributed by atoms with E-state index in [1.807, 2.05) is 11.8 Å². The van der Waals surface area contributed by atoms with Crippen molar-refractivity contribution in [2.75, 3.05) is 13.1 Å². The third-order valence-electron chi connectivity index (χ3n) is 4.07. The van der Waals surface area contributed by atoms with Crippen molar-refractivity contribution in [3.05, 3.63) is 45.5 Å². The number of H-pyrrole nitrogens is 1. The minimum atomic E-state index is -0.145. The number of likely N-dealkylation sites (tertiary alicyclic amines) is 1. The Kier molecular flexibility index (Phi) is 4.27. The molecular formula is C16H20N4O3. The summed E-state index contributed by atoms with van der Waals surface area (Å²) in [5.41, 5.74) is 1.39. The van der Waals surface area contributed by atoms with Gasteiger partial charge in [-0.25, -0.2) is 4.98 Å². The Bertz CT molecular complexity index is 765. The van der Waals surface area contributed by atoms with Gasteiger partial charge in [0, 0.05) is 31.1 Å². The molecule has 1 atom stereocenters. The monoisotopic (exact) mass is 316 g/mol. The molecule has 1 saturated heterocycles. The average molecular weight is 316 g/mol. The van der Waals surface area contributed by atoms with E-state index < -0.39 is 0 Å². The Morgan fingerprint density at radius 2 is 2.26 bits per heavy atom. The molecule has 0 radical (unpaired) electrons. The standard InChI is InChI=1S/C16H20N4O3/c1-10-6-13(23-19-10)7-16(22)20-5-3-4-12(9-20)14-8-15(21)18-11(2)17-14/h6,8,12H,3-5,7,9H2,1-2H3,(H,17,18,21). The van der Waals surface area contributed by atoms with E-state index in [0.717, 1.165) is 30.8 Å². The summed E-state index contributed by atoms with van der Waals surface area (Å²) in [5, 5.41) is 3.80. The molecule has 3 heterocycles. The first kappa shape index (κ1) is 15.5. The zero-order valence-electron chi connectivity index (χ0n) is 13.3. The predicted molar refractivity (Wildman–Crippen MR) is 83.1 cm³/mol. The first-order chi connectivity index (χ1) is 11.0. The maximum absolute atomic E-state index is 12.4. The van der Waals surface area contributed by atoms with Gasteiger partial charge in [0.25, 0.3) is 5.56 Å². The van der Waals surface area contributed by atoms with Crippen LogP contribution in [0.2, 0.25) is 0 Å². The molecule has 0 aliphatic carbocycles. The SMILES string of the molecule is Cc1cc(CC(=O)N2CCCC(c3cc(=O)[nH]c(C)n3)C2)on1. The second-order valence-electron chi connectivity index (χ2n) is 6.05. The van der Waals surface area contributed by atoms with E-state index in [2.05, 4.69) is 15.1 Å². The van der Waals surface area contributed by atoms with E-state index in [1.165, 1.54) is 6.07 Å². The number of hydrogen-bond donors (Lipinski definition) is 1. The van der Waals surface area contributed by atoms with Crippen LogP contribution in [0.15, 0.2) is 21.5 Å². The van der Waals surface area contributed by atoms with Crippen LogP contribution >= 0.6 is 0 Å². The van der Waals surface area contributed by atoms with Crippen LogP contribution in [0.3, 0.4) is 0 Å². The Morgan fingerprint density at radius 1 is 1.43 bits per heavy atom. The van der Waals surface area contributed by atoms with E-state index in [0.29, 0.717) is 18.1 Å². The summed E-state index contributed by atoms with van der Waals surface area (Å²) in [5.74, 6) is 1.31. The van der Waals surface area contributed by atoms with E-state index in [4.69, 9.17) is 4.52 Å². The minimum Gasteiger partial charge on any atom is -0.361 e. The molecule has 0 bridgehead atoms. The van der Waals surface area contributed by atoms with Gasteiger partial charge >= 0.3 is 0 Å². The highest BCUT2D eigenvalue weighted by atomic mass is 16.5. The molecule has 2 aromatic rings. The lowest BCUT2D eigenvalue weighted by Crippen LogP contribution is -2.40. The van der Waals surface area contributed by atoms with E-state index in [1.54, 1.807) is 13.0 Å². The lowest BCUT2D eigenvalue weighted by atomic mass is 9.94. The van der Waals surface area contributed by atoms with Gasteiger partial charge in [-0.3, -0.25) is 9.59 Å². The smallest absolute Gasteiger partial charge is 0.251 e. The lowest BCUT2D eigenvalue weighted by molar-refractivity contribution is -0.132. The molecule has 1 aliphatic rings. The van der Waals surface area contributed by atoms with Gasteiger partial charge in [0.1, 0.15) is 11.6 Å². The molecule has 1 amide bonds. The van der Waals surface area contributed by atoms with Crippen molar-refractivity contribution in [3.8, 4) is 0 Å². The molecule has 1 unspecified atom stereocenters. The number of carbonyl (C=O) groups is 1. The number of rotatable bonds is 3. The topological polar surface area (TPSA) is 92.1 Å². The van der Waals surface area contributed by atoms with Gasteiger partial charge in [-0.15, -0.1) is 0 Å². The van der Waals surface area contributed by atoms with Crippen molar-refractivity contribution in [2.24, 2.45) is 0 Å². The van der Waals surface area contributed by atoms with Crippen LogP contribution < -0.4 is 5.56 Å². The summed E-state index contributed by atoms with van der Waals surface area (Å²) in [6.07, 6.45) is 2.05. The van der Waals surface area contributed by atoms with Crippen molar-refractivity contribution in [1.29, 1.82) is 0 Å². The summed E-state index contributed by atoms with van der Waals surface area (Å²) in [7, 11) is 0. The van der Waals surface area contributed by atoms with E-state index in [9.17, 15) is 9.59 Å².